The maximum atomic E-state index is 11.6. The van der Waals surface area contributed by atoms with Gasteiger partial charge in [0.05, 0.1) is 13.7 Å². The Bertz CT molecular complexity index is 393. The lowest BCUT2D eigenvalue weighted by Gasteiger charge is -2.11. The van der Waals surface area contributed by atoms with Crippen molar-refractivity contribution in [1.82, 2.24) is 0 Å². The zero-order chi connectivity index (χ0) is 13.4. The Balaban J connectivity index is 2.64. The predicted molar refractivity (Wildman–Crippen MR) is 68.8 cm³/mol. The summed E-state index contributed by atoms with van der Waals surface area (Å²) in [5, 5.41) is 0. The molecule has 5 heteroatoms. The first-order valence-electron chi connectivity index (χ1n) is 5.88. The third-order valence-corrected chi connectivity index (χ3v) is 2.34. The number of esters is 1. The predicted octanol–water partition coefficient (Wildman–Crippen LogP) is 1.86. The van der Waals surface area contributed by atoms with Crippen molar-refractivity contribution in [2.24, 2.45) is 0 Å². The summed E-state index contributed by atoms with van der Waals surface area (Å²) in [5.41, 5.74) is 6.37. The highest BCUT2D eigenvalue weighted by atomic mass is 16.5. The van der Waals surface area contributed by atoms with Crippen LogP contribution in [0.4, 0.5) is 5.69 Å². The second-order valence-corrected chi connectivity index (χ2v) is 3.61. The molecule has 5 nitrogen and oxygen atoms in total. The van der Waals surface area contributed by atoms with Gasteiger partial charge in [-0.15, -0.1) is 0 Å². The third-order valence-electron chi connectivity index (χ3n) is 2.34. The number of benzene rings is 1. The lowest BCUT2D eigenvalue weighted by molar-refractivity contribution is 0.0596. The van der Waals surface area contributed by atoms with Crippen LogP contribution in [-0.2, 0) is 9.47 Å². The van der Waals surface area contributed by atoms with Gasteiger partial charge in [-0.25, -0.2) is 4.79 Å². The molecule has 0 atom stereocenters. The van der Waals surface area contributed by atoms with E-state index >= 15 is 0 Å². The number of nitrogen functional groups attached to an aromatic ring is 1. The molecule has 1 aromatic rings. The molecule has 0 bridgehead atoms. The maximum Gasteiger partial charge on any atom is 0.343 e. The summed E-state index contributed by atoms with van der Waals surface area (Å²) in [5.74, 6) is -0.0498. The average Bonchev–Trinajstić information content (AvgIpc) is 2.38. The third kappa shape index (κ3) is 3.92. The number of hydrogen-bond donors (Lipinski definition) is 1. The van der Waals surface area contributed by atoms with E-state index in [1.54, 1.807) is 18.2 Å². The van der Waals surface area contributed by atoms with E-state index in [2.05, 4.69) is 4.74 Å². The van der Waals surface area contributed by atoms with Gasteiger partial charge in [0, 0.05) is 25.3 Å². The Labute approximate surface area is 107 Å². The zero-order valence-corrected chi connectivity index (χ0v) is 10.8. The van der Waals surface area contributed by atoms with Crippen LogP contribution >= 0.6 is 0 Å². The van der Waals surface area contributed by atoms with Gasteiger partial charge in [-0.3, -0.25) is 0 Å². The van der Waals surface area contributed by atoms with Gasteiger partial charge < -0.3 is 19.9 Å². The van der Waals surface area contributed by atoms with E-state index in [0.717, 1.165) is 6.42 Å². The Morgan fingerprint density at radius 3 is 2.78 bits per heavy atom. The number of ether oxygens (including phenoxy) is 3. The lowest BCUT2D eigenvalue weighted by atomic mass is 10.1. The Morgan fingerprint density at radius 2 is 2.11 bits per heavy atom. The fourth-order valence-electron chi connectivity index (χ4n) is 1.48. The summed E-state index contributed by atoms with van der Waals surface area (Å²) in [6, 6.07) is 5.07. The SMILES string of the molecule is CCOCCCOc1cccc(N)c1C(=O)OC. The molecule has 0 aliphatic carbocycles. The Morgan fingerprint density at radius 1 is 1.33 bits per heavy atom. The number of anilines is 1. The monoisotopic (exact) mass is 253 g/mol. The summed E-state index contributed by atoms with van der Waals surface area (Å²) >= 11 is 0. The molecule has 1 rings (SSSR count). The van der Waals surface area contributed by atoms with Gasteiger partial charge in [-0.1, -0.05) is 6.07 Å². The molecule has 0 unspecified atom stereocenters. The van der Waals surface area contributed by atoms with Crippen molar-refractivity contribution >= 4 is 11.7 Å². The average molecular weight is 253 g/mol. The number of nitrogens with two attached hydrogens (primary N) is 1. The van der Waals surface area contributed by atoms with Crippen LogP contribution in [0, 0.1) is 0 Å². The molecule has 0 aromatic heterocycles. The standard InChI is InChI=1S/C13H19NO4/c1-3-17-8-5-9-18-11-7-4-6-10(14)12(11)13(15)16-2/h4,6-7H,3,5,8-9,14H2,1-2H3. The van der Waals surface area contributed by atoms with Gasteiger partial charge in [0.15, 0.2) is 0 Å². The molecule has 0 fully saturated rings. The zero-order valence-electron chi connectivity index (χ0n) is 10.8. The van der Waals surface area contributed by atoms with Crippen LogP contribution in [0.2, 0.25) is 0 Å². The minimum absolute atomic E-state index is 0.274. The molecule has 0 saturated heterocycles. The molecule has 100 valence electrons. The summed E-state index contributed by atoms with van der Waals surface area (Å²) in [7, 11) is 1.31. The number of carbonyl (C=O) groups excluding carboxylic acids is 1. The van der Waals surface area contributed by atoms with Crippen molar-refractivity contribution in [2.45, 2.75) is 13.3 Å². The normalized spacial score (nSPS) is 10.1. The van der Waals surface area contributed by atoms with Crippen LogP contribution in [0.3, 0.4) is 0 Å². The highest BCUT2D eigenvalue weighted by Crippen LogP contribution is 2.25. The van der Waals surface area contributed by atoms with Gasteiger partial charge in [-0.05, 0) is 19.1 Å². The Hall–Kier alpha value is -1.75. The van der Waals surface area contributed by atoms with E-state index in [1.807, 2.05) is 6.92 Å². The van der Waals surface area contributed by atoms with Crippen molar-refractivity contribution < 1.29 is 19.0 Å². The van der Waals surface area contributed by atoms with Gasteiger partial charge in [-0.2, -0.15) is 0 Å². The molecular weight excluding hydrogens is 234 g/mol. The fraction of sp³-hybridized carbons (Fsp3) is 0.462. The minimum Gasteiger partial charge on any atom is -0.493 e. The van der Waals surface area contributed by atoms with Gasteiger partial charge in [0.25, 0.3) is 0 Å². The maximum absolute atomic E-state index is 11.6. The van der Waals surface area contributed by atoms with E-state index < -0.39 is 5.97 Å². The topological polar surface area (TPSA) is 70.8 Å². The quantitative estimate of drug-likeness (QED) is 0.456. The summed E-state index contributed by atoms with van der Waals surface area (Å²) in [4.78, 5) is 11.6. The van der Waals surface area contributed by atoms with Crippen molar-refractivity contribution in [3.8, 4) is 5.75 Å². The van der Waals surface area contributed by atoms with Gasteiger partial charge >= 0.3 is 5.97 Å². The second-order valence-electron chi connectivity index (χ2n) is 3.61. The molecule has 0 aliphatic heterocycles. The van der Waals surface area contributed by atoms with Gasteiger partial charge in [0.2, 0.25) is 0 Å². The first-order chi connectivity index (χ1) is 8.70. The van der Waals surface area contributed by atoms with Crippen LogP contribution in [-0.4, -0.2) is 32.9 Å². The van der Waals surface area contributed by atoms with Crippen molar-refractivity contribution in [1.29, 1.82) is 0 Å². The van der Waals surface area contributed by atoms with Crippen molar-refractivity contribution in [3.05, 3.63) is 23.8 Å². The molecular formula is C13H19NO4. The largest absolute Gasteiger partial charge is 0.493 e. The van der Waals surface area contributed by atoms with E-state index in [-0.39, 0.29) is 5.56 Å². The van der Waals surface area contributed by atoms with Crippen LogP contribution in [0.5, 0.6) is 5.75 Å². The molecule has 18 heavy (non-hydrogen) atoms. The number of rotatable bonds is 7. The van der Waals surface area contributed by atoms with Crippen LogP contribution in [0.1, 0.15) is 23.7 Å². The summed E-state index contributed by atoms with van der Waals surface area (Å²) in [6.07, 6.45) is 0.753. The van der Waals surface area contributed by atoms with E-state index in [4.69, 9.17) is 15.2 Å². The highest BCUT2D eigenvalue weighted by molar-refractivity contribution is 5.98. The van der Waals surface area contributed by atoms with Crippen molar-refractivity contribution in [2.75, 3.05) is 32.7 Å². The molecule has 0 amide bonds. The Kier molecular flexibility index (Phi) is 6.00. The molecule has 0 radical (unpaired) electrons. The number of methoxy groups -OCH3 is 1. The number of hydrogen-bond acceptors (Lipinski definition) is 5. The summed E-state index contributed by atoms with van der Waals surface area (Å²) < 4.78 is 15.4. The van der Waals surface area contributed by atoms with E-state index in [0.29, 0.717) is 31.3 Å². The van der Waals surface area contributed by atoms with E-state index in [9.17, 15) is 4.79 Å². The molecule has 1 aromatic carbocycles. The molecule has 0 spiro atoms. The second kappa shape index (κ2) is 7.55. The first kappa shape index (κ1) is 14.3. The van der Waals surface area contributed by atoms with Crippen LogP contribution in [0.25, 0.3) is 0 Å². The van der Waals surface area contributed by atoms with Gasteiger partial charge in [0.1, 0.15) is 11.3 Å². The fourth-order valence-corrected chi connectivity index (χ4v) is 1.48. The molecule has 0 aliphatic rings. The van der Waals surface area contributed by atoms with Crippen LogP contribution < -0.4 is 10.5 Å². The number of carbonyl (C=O) groups is 1. The van der Waals surface area contributed by atoms with Crippen molar-refractivity contribution in [3.63, 3.8) is 0 Å². The van der Waals surface area contributed by atoms with E-state index in [1.165, 1.54) is 7.11 Å². The first-order valence-corrected chi connectivity index (χ1v) is 5.88. The minimum atomic E-state index is -0.493. The summed E-state index contributed by atoms with van der Waals surface area (Å²) in [6.45, 7) is 3.72. The van der Waals surface area contributed by atoms with Crippen LogP contribution in [0.15, 0.2) is 18.2 Å². The highest BCUT2D eigenvalue weighted by Gasteiger charge is 2.16. The molecule has 0 saturated carbocycles. The molecule has 0 heterocycles. The lowest BCUT2D eigenvalue weighted by Crippen LogP contribution is -2.10. The molecule has 2 N–H and O–H groups in total. The smallest absolute Gasteiger partial charge is 0.343 e.